The van der Waals surface area contributed by atoms with Crippen molar-refractivity contribution in [1.82, 2.24) is 0 Å². The molecule has 0 saturated heterocycles. The normalized spacial score (nSPS) is 18.1. The minimum Gasteiger partial charge on any atom is -0.851 e. The molecule has 0 aliphatic heterocycles. The number of nitrogens with zero attached hydrogens (tertiary/aromatic N) is 6. The van der Waals surface area contributed by atoms with E-state index in [1.165, 1.54) is 0 Å². The lowest BCUT2D eigenvalue weighted by atomic mass is 9.60. The molecular weight excluding hydrogens is 701 g/mol. The first kappa shape index (κ1) is 38.6. The van der Waals surface area contributed by atoms with Crippen LogP contribution in [0.5, 0.6) is 0 Å². The fourth-order valence-electron chi connectivity index (χ4n) is 9.43. The number of benzene rings is 6. The second kappa shape index (κ2) is 13.5. The quantitative estimate of drug-likeness (QED) is 0.128. The lowest BCUT2D eigenvalue weighted by molar-refractivity contribution is -0.535. The molecule has 0 unspecified atom stereocenters. The molecule has 0 aromatic heterocycles. The summed E-state index contributed by atoms with van der Waals surface area (Å²) in [6, 6.07) is 15.4. The molecule has 56 heavy (non-hydrogen) atoms. The van der Waals surface area contributed by atoms with Crippen LogP contribution >= 0.6 is 0 Å². The minimum atomic E-state index is -1.39. The molecule has 0 atom stereocenters. The molecule has 6 aromatic carbocycles. The van der Waals surface area contributed by atoms with Crippen LogP contribution in [0.4, 0.5) is 56.9 Å². The Balaban J connectivity index is 1.65. The van der Waals surface area contributed by atoms with Gasteiger partial charge in [-0.05, 0) is 71.5 Å². The first-order chi connectivity index (χ1) is 26.3. The molecule has 296 valence electrons. The van der Waals surface area contributed by atoms with E-state index in [-0.39, 0.29) is 0 Å². The number of nitrogen functional groups attached to an aromatic ring is 4. The Morgan fingerprint density at radius 2 is 0.554 bits per heavy atom. The zero-order valence-corrected chi connectivity index (χ0v) is 34.7. The second-order valence-electron chi connectivity index (χ2n) is 16.6. The molecule has 0 bridgehead atoms. The third-order valence-corrected chi connectivity index (χ3v) is 11.8. The molecule has 0 heterocycles. The van der Waals surface area contributed by atoms with Gasteiger partial charge in [-0.1, -0.05) is 0 Å². The summed E-state index contributed by atoms with van der Waals surface area (Å²) in [5.74, 6) is -1.98. The molecule has 8 N–H and O–H groups in total. The van der Waals surface area contributed by atoms with Gasteiger partial charge in [0, 0.05) is 173 Å². The van der Waals surface area contributed by atoms with Gasteiger partial charge in [-0.2, -0.15) is 0 Å². The number of fused-ring (bicyclic) bond motifs is 4. The summed E-state index contributed by atoms with van der Waals surface area (Å²) in [7, 11) is 23.9. The maximum Gasteiger partial charge on any atom is 0.0564 e. The smallest absolute Gasteiger partial charge is 0.0564 e. The predicted octanol–water partition coefficient (Wildman–Crippen LogP) is 4.36. The van der Waals surface area contributed by atoms with Crippen molar-refractivity contribution in [2.45, 2.75) is 24.0 Å². The summed E-state index contributed by atoms with van der Waals surface area (Å²) in [6.45, 7) is 0. The summed E-state index contributed by atoms with van der Waals surface area (Å²) < 4.78 is 0. The van der Waals surface area contributed by atoms with Crippen molar-refractivity contribution in [2.24, 2.45) is 0 Å². The molecule has 1 aliphatic rings. The van der Waals surface area contributed by atoms with Crippen LogP contribution in [0.2, 0.25) is 0 Å². The lowest BCUT2D eigenvalue weighted by Gasteiger charge is -2.62. The monoisotopic (exact) mass is 756 g/mol. The summed E-state index contributed by atoms with van der Waals surface area (Å²) in [4.78, 5) is 12.3. The fraction of sp³-hybridized carbons (Fsp3) is 0.364. The highest BCUT2D eigenvalue weighted by atomic mass is 16.3. The van der Waals surface area contributed by atoms with Gasteiger partial charge in [-0.15, -0.1) is 12.2 Å². The van der Waals surface area contributed by atoms with Crippen LogP contribution in [-0.2, 0) is 0 Å². The van der Waals surface area contributed by atoms with Crippen molar-refractivity contribution in [3.05, 3.63) is 59.7 Å². The molecule has 1 fully saturated rings. The van der Waals surface area contributed by atoms with Gasteiger partial charge in [-0.3, -0.25) is 0 Å². The first-order valence-corrected chi connectivity index (χ1v) is 18.9. The molecule has 7 rings (SSSR count). The van der Waals surface area contributed by atoms with Gasteiger partial charge in [0.05, 0.1) is 11.4 Å². The molecule has 12 heteroatoms. The highest BCUT2D eigenvalue weighted by Gasteiger charge is 2.44. The topological polar surface area (TPSA) is 170 Å². The Morgan fingerprint density at radius 3 is 0.732 bits per heavy atom. The number of anilines is 10. The SMILES string of the molecule is CN(C)c1ccc(N)c2c(C3C([O-])C(c4c5c(N)ccc(N(C)C)c5c(N(C)C)c5c(N(C)C)ccc(N)c45)C3[O-])c3c(N)ccc(N(C)C)c3c(N(C)C)c12. The Morgan fingerprint density at radius 1 is 0.339 bits per heavy atom. The van der Waals surface area contributed by atoms with Crippen LogP contribution in [0.1, 0.15) is 23.0 Å². The first-order valence-electron chi connectivity index (χ1n) is 18.9. The van der Waals surface area contributed by atoms with Crippen LogP contribution in [0.25, 0.3) is 43.1 Å². The Bertz CT molecular complexity index is 2230. The fourth-order valence-corrected chi connectivity index (χ4v) is 9.43. The number of hydrogen-bond donors (Lipinski definition) is 4. The van der Waals surface area contributed by atoms with Crippen molar-refractivity contribution >= 4 is 100.0 Å². The average molecular weight is 757 g/mol. The van der Waals surface area contributed by atoms with Crippen LogP contribution in [0, 0.1) is 0 Å². The van der Waals surface area contributed by atoms with E-state index in [1.807, 2.05) is 153 Å². The van der Waals surface area contributed by atoms with Crippen LogP contribution in [0.3, 0.4) is 0 Å². The van der Waals surface area contributed by atoms with Gasteiger partial charge >= 0.3 is 0 Å². The van der Waals surface area contributed by atoms with E-state index in [9.17, 15) is 0 Å². The Hall–Kier alpha value is -5.72. The van der Waals surface area contributed by atoms with Gasteiger partial charge in [-0.25, -0.2) is 0 Å². The molecule has 0 spiro atoms. The molecule has 0 radical (unpaired) electrons. The van der Waals surface area contributed by atoms with E-state index in [0.717, 1.165) is 55.7 Å². The Kier molecular flexibility index (Phi) is 9.29. The average Bonchev–Trinajstić information content (AvgIpc) is 3.10. The van der Waals surface area contributed by atoms with Gasteiger partial charge in [0.2, 0.25) is 0 Å². The summed E-state index contributed by atoms with van der Waals surface area (Å²) in [6.07, 6.45) is -2.78. The summed E-state index contributed by atoms with van der Waals surface area (Å²) in [5.41, 5.74) is 36.5. The zero-order valence-electron chi connectivity index (χ0n) is 34.7. The van der Waals surface area contributed by atoms with Crippen LogP contribution in [0.15, 0.2) is 48.5 Å². The highest BCUT2D eigenvalue weighted by Crippen LogP contribution is 2.59. The molecule has 6 aromatic rings. The van der Waals surface area contributed by atoms with E-state index in [2.05, 4.69) is 9.80 Å². The molecule has 0 amide bonds. The number of nitrogens with two attached hydrogens (primary N) is 4. The van der Waals surface area contributed by atoms with Crippen molar-refractivity contribution in [1.29, 1.82) is 0 Å². The third-order valence-electron chi connectivity index (χ3n) is 11.8. The van der Waals surface area contributed by atoms with E-state index in [0.29, 0.717) is 55.4 Å². The number of rotatable bonds is 8. The number of hydrogen-bond acceptors (Lipinski definition) is 12. The van der Waals surface area contributed by atoms with Crippen molar-refractivity contribution < 1.29 is 10.2 Å². The molecular formula is C44H56N10O2-2. The van der Waals surface area contributed by atoms with E-state index < -0.39 is 24.0 Å². The summed E-state index contributed by atoms with van der Waals surface area (Å²) in [5, 5.41) is 37.3. The molecule has 1 aliphatic carbocycles. The Labute approximate surface area is 330 Å². The maximum atomic E-state index is 15.6. The molecule has 12 nitrogen and oxygen atoms in total. The van der Waals surface area contributed by atoms with Crippen molar-refractivity contribution in [2.75, 3.05) is 137 Å². The minimum absolute atomic E-state index is 0.481. The van der Waals surface area contributed by atoms with E-state index >= 15 is 10.2 Å². The lowest BCUT2D eigenvalue weighted by Crippen LogP contribution is -2.63. The van der Waals surface area contributed by atoms with Gasteiger partial charge in [0.25, 0.3) is 0 Å². The van der Waals surface area contributed by atoms with Gasteiger partial charge < -0.3 is 62.5 Å². The van der Waals surface area contributed by atoms with E-state index in [1.54, 1.807) is 0 Å². The largest absolute Gasteiger partial charge is 0.851 e. The van der Waals surface area contributed by atoms with Crippen LogP contribution < -0.4 is 62.5 Å². The highest BCUT2D eigenvalue weighted by molar-refractivity contribution is 6.28. The van der Waals surface area contributed by atoms with Gasteiger partial charge in [0.15, 0.2) is 0 Å². The maximum absolute atomic E-state index is 15.6. The second-order valence-corrected chi connectivity index (χ2v) is 16.6. The van der Waals surface area contributed by atoms with Crippen molar-refractivity contribution in [3.8, 4) is 0 Å². The zero-order chi connectivity index (χ0) is 41.0. The standard InChI is InChI=1S/C44H56N10O2/c1-49(2)25-17-13-21(45)29-33(25)41(53(9)10)34-26(50(3)4)18-14-22(46)30(34)37(29)39-43(55)40(44(39)56)38-31-23(47)15-19-27(51(5)6)35(31)42(54(11)12)36-28(52(7)8)20-16-24(48)32(36)38/h13-20,39-40,43-44H,45-48H2,1-12H3/q-2. The third kappa shape index (κ3) is 5.33. The van der Waals surface area contributed by atoms with Crippen LogP contribution in [-0.4, -0.2) is 96.8 Å². The van der Waals surface area contributed by atoms with Gasteiger partial charge in [0.1, 0.15) is 0 Å². The molecule has 1 saturated carbocycles. The predicted molar refractivity (Wildman–Crippen MR) is 240 cm³/mol. The summed E-state index contributed by atoms with van der Waals surface area (Å²) >= 11 is 0. The van der Waals surface area contributed by atoms with Crippen molar-refractivity contribution in [3.63, 3.8) is 0 Å². The van der Waals surface area contributed by atoms with E-state index in [4.69, 9.17) is 22.9 Å².